The Labute approximate surface area is 233 Å². The Bertz CT molecular complexity index is 1930. The van der Waals surface area contributed by atoms with Crippen LogP contribution in [-0.4, -0.2) is 14.8 Å². The molecule has 0 radical (unpaired) electrons. The summed E-state index contributed by atoms with van der Waals surface area (Å²) in [6.45, 7) is 0.450. The number of nitrogens with zero attached hydrogens (tertiary/aromatic N) is 3. The topological polar surface area (TPSA) is 48.2 Å². The fourth-order valence-electron chi connectivity index (χ4n) is 5.65. The Morgan fingerprint density at radius 3 is 1.88 bits per heavy atom. The van der Waals surface area contributed by atoms with Crippen LogP contribution in [0.25, 0.3) is 38.6 Å². The van der Waals surface area contributed by atoms with Gasteiger partial charge in [-0.1, -0.05) is 109 Å². The predicted molar refractivity (Wildman–Crippen MR) is 167 cm³/mol. The second kappa shape index (κ2) is 10.1. The van der Waals surface area contributed by atoms with Gasteiger partial charge in [0.05, 0.1) is 28.1 Å². The summed E-state index contributed by atoms with van der Waals surface area (Å²) in [5.41, 5.74) is 15.8. The molecule has 2 aromatic heterocycles. The molecule has 7 rings (SSSR count). The van der Waals surface area contributed by atoms with Crippen molar-refractivity contribution in [2.45, 2.75) is 6.67 Å². The summed E-state index contributed by atoms with van der Waals surface area (Å²) in [4.78, 5) is 5.39. The molecule has 4 nitrogen and oxygen atoms in total. The molecule has 192 valence electrons. The first-order chi connectivity index (χ1) is 19.8. The minimum absolute atomic E-state index is 0.450. The van der Waals surface area contributed by atoms with E-state index in [4.69, 9.17) is 10.7 Å². The van der Waals surface area contributed by atoms with E-state index in [2.05, 4.69) is 118 Å². The number of aliphatic imine (C=N–C) groups is 1. The first-order valence-electron chi connectivity index (χ1n) is 13.5. The smallest absolute Gasteiger partial charge is 0.115 e. The lowest BCUT2D eigenvalue weighted by atomic mass is 9.95. The lowest BCUT2D eigenvalue weighted by molar-refractivity contribution is 0.792. The average molecular weight is 517 g/mol. The van der Waals surface area contributed by atoms with Crippen LogP contribution >= 0.6 is 0 Å². The Morgan fingerprint density at radius 2 is 1.18 bits per heavy atom. The number of para-hydroxylation sites is 3. The zero-order valence-electron chi connectivity index (χ0n) is 22.0. The number of nitrogens with two attached hydrogens (primary N) is 1. The molecule has 5 aromatic carbocycles. The van der Waals surface area contributed by atoms with Gasteiger partial charge in [-0.15, -0.1) is 0 Å². The van der Waals surface area contributed by atoms with Crippen molar-refractivity contribution >= 4 is 33.2 Å². The van der Waals surface area contributed by atoms with Gasteiger partial charge in [-0.2, -0.15) is 0 Å². The lowest BCUT2D eigenvalue weighted by Crippen LogP contribution is -2.14. The zero-order valence-corrected chi connectivity index (χ0v) is 22.0. The molecule has 0 aliphatic carbocycles. The third-order valence-corrected chi connectivity index (χ3v) is 7.49. The van der Waals surface area contributed by atoms with Gasteiger partial charge in [0.1, 0.15) is 6.67 Å². The van der Waals surface area contributed by atoms with Gasteiger partial charge in [-0.05, 0) is 41.5 Å². The molecule has 0 saturated carbocycles. The van der Waals surface area contributed by atoms with Crippen LogP contribution in [0.15, 0.2) is 151 Å². The van der Waals surface area contributed by atoms with Crippen molar-refractivity contribution in [3.8, 4) is 16.8 Å². The number of rotatable bonds is 6. The van der Waals surface area contributed by atoms with Gasteiger partial charge in [0, 0.05) is 28.2 Å². The molecule has 0 amide bonds. The predicted octanol–water partition coefficient (Wildman–Crippen LogP) is 8.33. The highest BCUT2D eigenvalue weighted by Gasteiger charge is 2.20. The highest BCUT2D eigenvalue weighted by Crippen LogP contribution is 2.32. The van der Waals surface area contributed by atoms with Gasteiger partial charge >= 0.3 is 0 Å². The second-order valence-electron chi connectivity index (χ2n) is 9.85. The maximum absolute atomic E-state index is 6.73. The zero-order chi connectivity index (χ0) is 26.9. The standard InChI is InChI=1S/C36H28N4/c37-32-23-24-39(27-15-5-2-6-16-27)36(32)35(31-20-8-7-17-28(31)26-13-3-1-4-14-26)38-25-40-33-21-11-9-18-29(33)30-19-10-12-22-34(30)40/h1-24H,25,37H2/b38-35-. The molecule has 0 fully saturated rings. The highest BCUT2D eigenvalue weighted by atomic mass is 15.1. The van der Waals surface area contributed by atoms with Crippen LogP contribution in [0.3, 0.4) is 0 Å². The summed E-state index contributed by atoms with van der Waals surface area (Å²) >= 11 is 0. The molecule has 4 heteroatoms. The largest absolute Gasteiger partial charge is 0.397 e. The van der Waals surface area contributed by atoms with E-state index in [1.54, 1.807) is 0 Å². The Morgan fingerprint density at radius 1 is 0.600 bits per heavy atom. The van der Waals surface area contributed by atoms with Crippen LogP contribution < -0.4 is 5.73 Å². The number of aromatic nitrogens is 2. The number of fused-ring (bicyclic) bond motifs is 3. The van der Waals surface area contributed by atoms with E-state index in [0.717, 1.165) is 44.8 Å². The third-order valence-electron chi connectivity index (χ3n) is 7.49. The van der Waals surface area contributed by atoms with Gasteiger partial charge in [0.2, 0.25) is 0 Å². The van der Waals surface area contributed by atoms with Crippen molar-refractivity contribution in [1.29, 1.82) is 0 Å². The molecule has 0 saturated heterocycles. The monoisotopic (exact) mass is 516 g/mol. The van der Waals surface area contributed by atoms with E-state index in [9.17, 15) is 0 Å². The van der Waals surface area contributed by atoms with Crippen molar-refractivity contribution in [2.24, 2.45) is 4.99 Å². The first-order valence-corrected chi connectivity index (χ1v) is 13.5. The van der Waals surface area contributed by atoms with E-state index in [-0.39, 0.29) is 0 Å². The maximum Gasteiger partial charge on any atom is 0.115 e. The lowest BCUT2D eigenvalue weighted by Gasteiger charge is -2.17. The van der Waals surface area contributed by atoms with Crippen LogP contribution in [0.2, 0.25) is 0 Å². The minimum Gasteiger partial charge on any atom is -0.397 e. The normalized spacial score (nSPS) is 11.8. The molecule has 0 unspecified atom stereocenters. The van der Waals surface area contributed by atoms with Crippen LogP contribution in [0.1, 0.15) is 11.3 Å². The van der Waals surface area contributed by atoms with Crippen molar-refractivity contribution < 1.29 is 0 Å². The summed E-state index contributed by atoms with van der Waals surface area (Å²) in [7, 11) is 0. The molecule has 2 heterocycles. The van der Waals surface area contributed by atoms with Crippen LogP contribution in [-0.2, 0) is 6.67 Å². The van der Waals surface area contributed by atoms with E-state index in [1.165, 1.54) is 10.8 Å². The molecule has 7 aromatic rings. The number of hydrogen-bond acceptors (Lipinski definition) is 2. The SMILES string of the molecule is Nc1ccn(-c2ccccc2)c1/C(=N\Cn1c2ccccc2c2ccccc21)c1ccccc1-c1ccccc1. The van der Waals surface area contributed by atoms with Gasteiger partial charge < -0.3 is 14.9 Å². The molecular formula is C36H28N4. The van der Waals surface area contributed by atoms with Crippen molar-refractivity contribution in [3.05, 3.63) is 157 Å². The summed E-state index contributed by atoms with van der Waals surface area (Å²) in [6.07, 6.45) is 2.03. The van der Waals surface area contributed by atoms with Crippen LogP contribution in [0, 0.1) is 0 Å². The van der Waals surface area contributed by atoms with Gasteiger partial charge in [-0.3, -0.25) is 4.99 Å². The van der Waals surface area contributed by atoms with E-state index in [1.807, 2.05) is 36.5 Å². The fraction of sp³-hybridized carbons (Fsp3) is 0.0278. The average Bonchev–Trinajstić information content (AvgIpc) is 3.56. The van der Waals surface area contributed by atoms with E-state index < -0.39 is 0 Å². The molecule has 0 bridgehead atoms. The van der Waals surface area contributed by atoms with Crippen LogP contribution in [0.4, 0.5) is 5.69 Å². The van der Waals surface area contributed by atoms with Gasteiger partial charge in [-0.25, -0.2) is 0 Å². The van der Waals surface area contributed by atoms with Gasteiger partial charge in [0.25, 0.3) is 0 Å². The van der Waals surface area contributed by atoms with Crippen molar-refractivity contribution in [2.75, 3.05) is 5.73 Å². The second-order valence-corrected chi connectivity index (χ2v) is 9.85. The highest BCUT2D eigenvalue weighted by molar-refractivity contribution is 6.18. The first kappa shape index (κ1) is 23.7. The van der Waals surface area contributed by atoms with Crippen molar-refractivity contribution in [3.63, 3.8) is 0 Å². The summed E-state index contributed by atoms with van der Waals surface area (Å²) in [5, 5.41) is 2.46. The number of benzene rings is 5. The molecular weight excluding hydrogens is 488 g/mol. The number of anilines is 1. The summed E-state index contributed by atoms with van der Waals surface area (Å²) < 4.78 is 4.43. The molecule has 0 aliphatic heterocycles. The molecule has 40 heavy (non-hydrogen) atoms. The Kier molecular flexibility index (Phi) is 5.98. The Balaban J connectivity index is 1.48. The Hall–Kier alpha value is -5.35. The third kappa shape index (κ3) is 4.07. The molecule has 2 N–H and O–H groups in total. The van der Waals surface area contributed by atoms with Crippen molar-refractivity contribution in [1.82, 2.24) is 9.13 Å². The summed E-state index contributed by atoms with van der Waals surface area (Å²) in [5.74, 6) is 0. The summed E-state index contributed by atoms with van der Waals surface area (Å²) in [6, 6.07) is 48.3. The number of nitrogen functional groups attached to an aromatic ring is 1. The molecule has 0 spiro atoms. The maximum atomic E-state index is 6.73. The molecule has 0 atom stereocenters. The van der Waals surface area contributed by atoms with Crippen LogP contribution in [0.5, 0.6) is 0 Å². The quantitative estimate of drug-likeness (QED) is 0.222. The van der Waals surface area contributed by atoms with E-state index >= 15 is 0 Å². The van der Waals surface area contributed by atoms with E-state index in [0.29, 0.717) is 12.4 Å². The number of hydrogen-bond donors (Lipinski definition) is 1. The van der Waals surface area contributed by atoms with Gasteiger partial charge in [0.15, 0.2) is 0 Å². The fourth-order valence-corrected chi connectivity index (χ4v) is 5.65. The minimum atomic E-state index is 0.450. The molecule has 0 aliphatic rings.